The highest BCUT2D eigenvalue weighted by Crippen LogP contribution is 2.20. The van der Waals surface area contributed by atoms with Gasteiger partial charge in [-0.25, -0.2) is 13.8 Å². The number of pyridine rings is 1. The van der Waals surface area contributed by atoms with Crippen molar-refractivity contribution >= 4 is 11.6 Å². The maximum atomic E-state index is 13.6. The van der Waals surface area contributed by atoms with Crippen LogP contribution in [0.2, 0.25) is 0 Å². The molecule has 1 unspecified atom stereocenters. The standard InChI is InChI=1S/C14H23F2N3/c1-5-17-13-11(15)8-12(16)14(19-13)18-10(4)7-6-9(2)3/h8-10H,5-7H2,1-4H3,(H2,17,18,19). The molecule has 5 heteroatoms. The maximum Gasteiger partial charge on any atom is 0.168 e. The van der Waals surface area contributed by atoms with Gasteiger partial charge >= 0.3 is 0 Å². The minimum atomic E-state index is -0.667. The smallest absolute Gasteiger partial charge is 0.168 e. The fraction of sp³-hybridized carbons (Fsp3) is 0.643. The molecule has 19 heavy (non-hydrogen) atoms. The average Bonchev–Trinajstić information content (AvgIpc) is 2.33. The van der Waals surface area contributed by atoms with Gasteiger partial charge in [-0.3, -0.25) is 0 Å². The van der Waals surface area contributed by atoms with E-state index in [9.17, 15) is 8.78 Å². The van der Waals surface area contributed by atoms with Gasteiger partial charge in [0.25, 0.3) is 0 Å². The van der Waals surface area contributed by atoms with Crippen molar-refractivity contribution in [2.24, 2.45) is 5.92 Å². The van der Waals surface area contributed by atoms with E-state index >= 15 is 0 Å². The molecule has 3 nitrogen and oxygen atoms in total. The van der Waals surface area contributed by atoms with E-state index in [-0.39, 0.29) is 17.7 Å². The third-order valence-electron chi connectivity index (χ3n) is 2.83. The Kier molecular flexibility index (Phi) is 5.99. The molecule has 2 N–H and O–H groups in total. The van der Waals surface area contributed by atoms with E-state index in [4.69, 9.17) is 0 Å². The Morgan fingerprint density at radius 2 is 1.74 bits per heavy atom. The van der Waals surface area contributed by atoms with Crippen molar-refractivity contribution in [3.05, 3.63) is 17.7 Å². The Balaban J connectivity index is 2.74. The molecule has 0 saturated heterocycles. The van der Waals surface area contributed by atoms with Crippen molar-refractivity contribution in [2.45, 2.75) is 46.6 Å². The minimum absolute atomic E-state index is 0.0856. The predicted octanol–water partition coefficient (Wildman–Crippen LogP) is 4.03. The molecule has 1 rings (SSSR count). The fourth-order valence-electron chi connectivity index (χ4n) is 1.75. The summed E-state index contributed by atoms with van der Waals surface area (Å²) in [6.45, 7) is 8.64. The van der Waals surface area contributed by atoms with E-state index in [1.54, 1.807) is 0 Å². The van der Waals surface area contributed by atoms with Crippen molar-refractivity contribution in [3.63, 3.8) is 0 Å². The van der Waals surface area contributed by atoms with Gasteiger partial charge in [0, 0.05) is 18.7 Å². The molecule has 0 aliphatic carbocycles. The van der Waals surface area contributed by atoms with Crippen LogP contribution in [0.15, 0.2) is 6.07 Å². The van der Waals surface area contributed by atoms with Crippen LogP contribution in [0.3, 0.4) is 0 Å². The number of anilines is 2. The number of hydrogen-bond donors (Lipinski definition) is 2. The second-order valence-corrected chi connectivity index (χ2v) is 5.20. The van der Waals surface area contributed by atoms with E-state index in [0.29, 0.717) is 12.5 Å². The fourth-order valence-corrected chi connectivity index (χ4v) is 1.75. The molecule has 1 aromatic rings. The number of aromatic nitrogens is 1. The summed E-state index contributed by atoms with van der Waals surface area (Å²) in [6.07, 6.45) is 1.98. The van der Waals surface area contributed by atoms with Crippen molar-refractivity contribution in [2.75, 3.05) is 17.2 Å². The Hall–Kier alpha value is -1.39. The summed E-state index contributed by atoms with van der Waals surface area (Å²) in [4.78, 5) is 3.96. The summed E-state index contributed by atoms with van der Waals surface area (Å²) in [7, 11) is 0. The van der Waals surface area contributed by atoms with Crippen LogP contribution in [0.1, 0.15) is 40.5 Å². The van der Waals surface area contributed by atoms with Crippen molar-refractivity contribution in [3.8, 4) is 0 Å². The van der Waals surface area contributed by atoms with E-state index in [1.807, 2.05) is 13.8 Å². The average molecular weight is 271 g/mol. The third-order valence-corrected chi connectivity index (χ3v) is 2.83. The SMILES string of the molecule is CCNc1nc(NC(C)CCC(C)C)c(F)cc1F. The molecular weight excluding hydrogens is 248 g/mol. The molecular formula is C14H23F2N3. The quantitative estimate of drug-likeness (QED) is 0.786. The second kappa shape index (κ2) is 7.26. The van der Waals surface area contributed by atoms with Gasteiger partial charge in [-0.2, -0.15) is 0 Å². The normalized spacial score (nSPS) is 12.6. The van der Waals surface area contributed by atoms with Crippen LogP contribution in [0.25, 0.3) is 0 Å². The molecule has 1 aromatic heterocycles. The largest absolute Gasteiger partial charge is 0.368 e. The molecule has 108 valence electrons. The first-order chi connectivity index (χ1) is 8.93. The highest BCUT2D eigenvalue weighted by molar-refractivity contribution is 5.47. The summed E-state index contributed by atoms with van der Waals surface area (Å²) in [5.41, 5.74) is 0. The Bertz CT molecular complexity index is 408. The first-order valence-electron chi connectivity index (χ1n) is 6.80. The number of nitrogens with zero attached hydrogens (tertiary/aromatic N) is 1. The zero-order valence-electron chi connectivity index (χ0n) is 12.1. The van der Waals surface area contributed by atoms with Crippen molar-refractivity contribution in [1.29, 1.82) is 0 Å². The van der Waals surface area contributed by atoms with Crippen molar-refractivity contribution < 1.29 is 8.78 Å². The van der Waals surface area contributed by atoms with Gasteiger partial charge in [-0.15, -0.1) is 0 Å². The monoisotopic (exact) mass is 271 g/mol. The highest BCUT2D eigenvalue weighted by Gasteiger charge is 2.13. The highest BCUT2D eigenvalue weighted by atomic mass is 19.1. The molecule has 0 bridgehead atoms. The summed E-state index contributed by atoms with van der Waals surface area (Å²) in [6, 6.07) is 0.965. The summed E-state index contributed by atoms with van der Waals surface area (Å²) < 4.78 is 27.1. The zero-order valence-corrected chi connectivity index (χ0v) is 12.1. The van der Waals surface area contributed by atoms with Crippen LogP contribution in [0.5, 0.6) is 0 Å². The number of hydrogen-bond acceptors (Lipinski definition) is 3. The van der Waals surface area contributed by atoms with E-state index < -0.39 is 11.6 Å². The Labute approximate surface area is 113 Å². The summed E-state index contributed by atoms with van der Waals surface area (Å²) in [5, 5.41) is 5.77. The topological polar surface area (TPSA) is 37.0 Å². The maximum absolute atomic E-state index is 13.6. The van der Waals surface area contributed by atoms with Gasteiger partial charge in [-0.1, -0.05) is 13.8 Å². The first-order valence-corrected chi connectivity index (χ1v) is 6.80. The van der Waals surface area contributed by atoms with Gasteiger partial charge in [0.15, 0.2) is 23.3 Å². The van der Waals surface area contributed by atoms with E-state index in [2.05, 4.69) is 29.5 Å². The first kappa shape index (κ1) is 15.7. The van der Waals surface area contributed by atoms with Crippen molar-refractivity contribution in [1.82, 2.24) is 4.98 Å². The van der Waals surface area contributed by atoms with Gasteiger partial charge < -0.3 is 10.6 Å². The second-order valence-electron chi connectivity index (χ2n) is 5.20. The van der Waals surface area contributed by atoms with Gasteiger partial charge in [0.2, 0.25) is 0 Å². The summed E-state index contributed by atoms with van der Waals surface area (Å²) >= 11 is 0. The van der Waals surface area contributed by atoms with E-state index in [0.717, 1.165) is 18.9 Å². The lowest BCUT2D eigenvalue weighted by Gasteiger charge is -2.17. The lowest BCUT2D eigenvalue weighted by Crippen LogP contribution is -2.18. The minimum Gasteiger partial charge on any atom is -0.368 e. The number of rotatable bonds is 7. The van der Waals surface area contributed by atoms with E-state index in [1.165, 1.54) is 0 Å². The van der Waals surface area contributed by atoms with Gasteiger partial charge in [0.05, 0.1) is 0 Å². The molecule has 0 aliphatic heterocycles. The molecule has 1 atom stereocenters. The lowest BCUT2D eigenvalue weighted by atomic mass is 10.0. The van der Waals surface area contributed by atoms with Gasteiger partial charge in [0.1, 0.15) is 0 Å². The van der Waals surface area contributed by atoms with Crippen LogP contribution < -0.4 is 10.6 Å². The van der Waals surface area contributed by atoms with Crippen LogP contribution in [-0.4, -0.2) is 17.6 Å². The summed E-state index contributed by atoms with van der Waals surface area (Å²) in [5.74, 6) is -0.529. The molecule has 0 radical (unpaired) electrons. The van der Waals surface area contributed by atoms with Crippen LogP contribution >= 0.6 is 0 Å². The van der Waals surface area contributed by atoms with Crippen LogP contribution in [0, 0.1) is 17.6 Å². The van der Waals surface area contributed by atoms with Crippen LogP contribution in [0.4, 0.5) is 20.4 Å². The van der Waals surface area contributed by atoms with Gasteiger partial charge in [-0.05, 0) is 32.6 Å². The Morgan fingerprint density at radius 1 is 1.11 bits per heavy atom. The lowest BCUT2D eigenvalue weighted by molar-refractivity contribution is 0.523. The number of halogens is 2. The molecule has 0 aliphatic rings. The van der Waals surface area contributed by atoms with Crippen LogP contribution in [-0.2, 0) is 0 Å². The molecule has 1 heterocycles. The predicted molar refractivity (Wildman–Crippen MR) is 75.5 cm³/mol. The molecule has 0 saturated carbocycles. The molecule has 0 aromatic carbocycles. The third kappa shape index (κ3) is 5.01. The number of nitrogens with one attached hydrogen (secondary N) is 2. The molecule has 0 fully saturated rings. The molecule has 0 amide bonds. The zero-order chi connectivity index (χ0) is 14.4. The molecule has 0 spiro atoms. The Morgan fingerprint density at radius 3 is 2.32 bits per heavy atom.